The fraction of sp³-hybridized carbons (Fsp3) is 0.391. The summed E-state index contributed by atoms with van der Waals surface area (Å²) in [6.07, 6.45) is 2.73. The lowest BCUT2D eigenvalue weighted by Crippen LogP contribution is -2.32. The van der Waals surface area contributed by atoms with Gasteiger partial charge < -0.3 is 21.3 Å². The first-order valence-corrected chi connectivity index (χ1v) is 11.3. The van der Waals surface area contributed by atoms with Crippen molar-refractivity contribution in [3.8, 4) is 0 Å². The topological polar surface area (TPSA) is 169 Å². The van der Waals surface area contributed by atoms with Crippen LogP contribution < -0.4 is 21.3 Å². The molecule has 2 rings (SSSR count). The lowest BCUT2D eigenvalue weighted by molar-refractivity contribution is -0.385. The molecule has 12 nitrogen and oxygen atoms in total. The summed E-state index contributed by atoms with van der Waals surface area (Å²) in [7, 11) is 0. The molecule has 0 heterocycles. The van der Waals surface area contributed by atoms with Crippen LogP contribution in [0, 0.1) is 20.2 Å². The van der Waals surface area contributed by atoms with Crippen molar-refractivity contribution in [3.63, 3.8) is 0 Å². The summed E-state index contributed by atoms with van der Waals surface area (Å²) < 4.78 is 0. The van der Waals surface area contributed by atoms with Gasteiger partial charge in [0.25, 0.3) is 23.2 Å². The molecule has 2 aromatic rings. The monoisotopic (exact) mass is 486 g/mol. The molecule has 0 fully saturated rings. The lowest BCUT2D eigenvalue weighted by atomic mass is 10.2. The number of unbranched alkanes of at least 4 members (excludes halogenated alkanes) is 1. The van der Waals surface area contributed by atoms with E-state index in [0.717, 1.165) is 38.9 Å². The molecule has 0 bridgehead atoms. The quantitative estimate of drug-likeness (QED) is 0.159. The van der Waals surface area contributed by atoms with Crippen molar-refractivity contribution >= 4 is 23.2 Å². The fourth-order valence-corrected chi connectivity index (χ4v) is 3.10. The first-order valence-electron chi connectivity index (χ1n) is 11.3. The smallest absolute Gasteiger partial charge is 0.269 e. The molecule has 4 N–H and O–H groups in total. The molecule has 0 saturated heterocycles. The number of rotatable bonds is 16. The van der Waals surface area contributed by atoms with Gasteiger partial charge in [-0.3, -0.25) is 29.8 Å². The van der Waals surface area contributed by atoms with Gasteiger partial charge in [-0.1, -0.05) is 0 Å². The second-order valence-corrected chi connectivity index (χ2v) is 7.68. The maximum absolute atomic E-state index is 12.0. The van der Waals surface area contributed by atoms with Crippen LogP contribution in [0.25, 0.3) is 0 Å². The van der Waals surface area contributed by atoms with E-state index in [4.69, 9.17) is 0 Å². The van der Waals surface area contributed by atoms with Gasteiger partial charge in [-0.15, -0.1) is 0 Å². The van der Waals surface area contributed by atoms with Crippen LogP contribution in [-0.2, 0) is 0 Å². The molecule has 0 aliphatic heterocycles. The van der Waals surface area contributed by atoms with Crippen LogP contribution in [0.15, 0.2) is 48.5 Å². The molecule has 0 aliphatic rings. The number of carbonyl (C=O) groups is 2. The van der Waals surface area contributed by atoms with Crippen LogP contribution in [-0.4, -0.2) is 60.9 Å². The van der Waals surface area contributed by atoms with Gasteiger partial charge in [0.15, 0.2) is 0 Å². The standard InChI is InChI=1S/C23H30N6O6/c30-22(18-4-8-20(9-5-18)28(32)33)26-15-3-14-24-12-1-2-13-25-16-17-27-23(31)19-6-10-21(11-7-19)29(34)35/h4-11,24-25H,1-3,12-17H2,(H,26,30)(H,27,31). The third-order valence-corrected chi connectivity index (χ3v) is 5.04. The Hall–Kier alpha value is -3.90. The second-order valence-electron chi connectivity index (χ2n) is 7.68. The Morgan fingerprint density at radius 3 is 1.43 bits per heavy atom. The van der Waals surface area contributed by atoms with Crippen LogP contribution in [0.3, 0.4) is 0 Å². The minimum Gasteiger partial charge on any atom is -0.352 e. The molecule has 0 unspecified atom stereocenters. The zero-order valence-corrected chi connectivity index (χ0v) is 19.3. The summed E-state index contributed by atoms with van der Waals surface area (Å²) in [5, 5.41) is 33.4. The number of nitrogens with one attached hydrogen (secondary N) is 4. The highest BCUT2D eigenvalue weighted by atomic mass is 16.6. The lowest BCUT2D eigenvalue weighted by Gasteiger charge is -2.08. The van der Waals surface area contributed by atoms with Gasteiger partial charge in [0.1, 0.15) is 0 Å². The predicted octanol–water partition coefficient (Wildman–Crippen LogP) is 2.01. The molecule has 0 aromatic heterocycles. The molecule has 0 saturated carbocycles. The Balaban J connectivity index is 1.41. The van der Waals surface area contributed by atoms with E-state index >= 15 is 0 Å². The van der Waals surface area contributed by atoms with Crippen molar-refractivity contribution in [2.45, 2.75) is 19.3 Å². The Bertz CT molecular complexity index is 902. The molecular formula is C23H30N6O6. The number of nitro groups is 2. The Labute approximate surface area is 202 Å². The average Bonchev–Trinajstić information content (AvgIpc) is 2.86. The van der Waals surface area contributed by atoms with Crippen molar-refractivity contribution in [2.24, 2.45) is 0 Å². The normalized spacial score (nSPS) is 10.5. The van der Waals surface area contributed by atoms with Gasteiger partial charge in [-0.2, -0.15) is 0 Å². The van der Waals surface area contributed by atoms with Crippen molar-refractivity contribution in [2.75, 3.05) is 39.3 Å². The number of amides is 2. The fourth-order valence-electron chi connectivity index (χ4n) is 3.10. The van der Waals surface area contributed by atoms with Gasteiger partial charge in [-0.05, 0) is 63.2 Å². The zero-order valence-electron chi connectivity index (χ0n) is 19.3. The third kappa shape index (κ3) is 10.3. The van der Waals surface area contributed by atoms with Gasteiger partial charge >= 0.3 is 0 Å². The number of benzene rings is 2. The molecule has 0 atom stereocenters. The number of non-ortho nitro benzene ring substituents is 2. The van der Waals surface area contributed by atoms with Crippen molar-refractivity contribution in [1.29, 1.82) is 0 Å². The van der Waals surface area contributed by atoms with Crippen LogP contribution >= 0.6 is 0 Å². The number of nitro benzene ring substituents is 2. The summed E-state index contributed by atoms with van der Waals surface area (Å²) in [6.45, 7) is 4.04. The van der Waals surface area contributed by atoms with Gasteiger partial charge in [-0.25, -0.2) is 0 Å². The predicted molar refractivity (Wildman–Crippen MR) is 130 cm³/mol. The molecule has 35 heavy (non-hydrogen) atoms. The largest absolute Gasteiger partial charge is 0.352 e. The highest BCUT2D eigenvalue weighted by Gasteiger charge is 2.09. The Morgan fingerprint density at radius 1 is 0.571 bits per heavy atom. The number of nitrogens with zero attached hydrogens (tertiary/aromatic N) is 2. The SMILES string of the molecule is O=C(NCCCNCCCCNCCNC(=O)c1ccc([N+](=O)[O-])cc1)c1ccc([N+](=O)[O-])cc1. The van der Waals surface area contributed by atoms with E-state index in [0.29, 0.717) is 30.8 Å². The molecule has 2 amide bonds. The van der Waals surface area contributed by atoms with E-state index in [1.807, 2.05) is 0 Å². The number of carbonyl (C=O) groups excluding carboxylic acids is 2. The van der Waals surface area contributed by atoms with Gasteiger partial charge in [0.05, 0.1) is 9.85 Å². The van der Waals surface area contributed by atoms with E-state index in [2.05, 4.69) is 21.3 Å². The van der Waals surface area contributed by atoms with E-state index in [9.17, 15) is 29.8 Å². The highest BCUT2D eigenvalue weighted by molar-refractivity contribution is 5.94. The molecular weight excluding hydrogens is 456 g/mol. The second kappa shape index (κ2) is 15.1. The van der Waals surface area contributed by atoms with Crippen LogP contribution in [0.2, 0.25) is 0 Å². The summed E-state index contributed by atoms with van der Waals surface area (Å²) in [6, 6.07) is 11.0. The third-order valence-electron chi connectivity index (χ3n) is 5.04. The highest BCUT2D eigenvalue weighted by Crippen LogP contribution is 2.12. The number of hydrogen-bond donors (Lipinski definition) is 4. The van der Waals surface area contributed by atoms with E-state index in [1.165, 1.54) is 48.5 Å². The molecule has 188 valence electrons. The summed E-state index contributed by atoms with van der Waals surface area (Å²) in [5.41, 5.74) is 0.672. The van der Waals surface area contributed by atoms with Crippen molar-refractivity contribution in [3.05, 3.63) is 79.9 Å². The molecule has 2 aromatic carbocycles. The first kappa shape index (κ1) is 27.3. The van der Waals surface area contributed by atoms with Crippen LogP contribution in [0.4, 0.5) is 11.4 Å². The zero-order chi connectivity index (χ0) is 25.5. The first-order chi connectivity index (χ1) is 16.9. The summed E-state index contributed by atoms with van der Waals surface area (Å²) in [4.78, 5) is 44.2. The molecule has 0 aliphatic carbocycles. The maximum atomic E-state index is 12.0. The van der Waals surface area contributed by atoms with E-state index in [1.54, 1.807) is 0 Å². The summed E-state index contributed by atoms with van der Waals surface area (Å²) in [5.74, 6) is -0.523. The Morgan fingerprint density at radius 2 is 0.971 bits per heavy atom. The average molecular weight is 487 g/mol. The van der Waals surface area contributed by atoms with Crippen LogP contribution in [0.5, 0.6) is 0 Å². The van der Waals surface area contributed by atoms with Gasteiger partial charge in [0, 0.05) is 55.0 Å². The van der Waals surface area contributed by atoms with E-state index in [-0.39, 0.29) is 23.2 Å². The minimum absolute atomic E-state index is 0.0487. The summed E-state index contributed by atoms with van der Waals surface area (Å²) >= 11 is 0. The molecule has 12 heteroatoms. The molecule has 0 spiro atoms. The minimum atomic E-state index is -0.507. The van der Waals surface area contributed by atoms with Crippen molar-refractivity contribution in [1.82, 2.24) is 21.3 Å². The number of hydrogen-bond acceptors (Lipinski definition) is 8. The van der Waals surface area contributed by atoms with Crippen molar-refractivity contribution < 1.29 is 19.4 Å². The molecule has 0 radical (unpaired) electrons. The van der Waals surface area contributed by atoms with E-state index < -0.39 is 9.85 Å². The van der Waals surface area contributed by atoms with Gasteiger partial charge in [0.2, 0.25) is 0 Å². The Kier molecular flexibility index (Phi) is 11.8. The maximum Gasteiger partial charge on any atom is 0.269 e. The van der Waals surface area contributed by atoms with Crippen LogP contribution in [0.1, 0.15) is 40.0 Å².